The molecule has 2 rings (SSSR count). The molecule has 0 radical (unpaired) electrons. The van der Waals surface area contributed by atoms with Crippen molar-refractivity contribution < 1.29 is 4.74 Å². The first-order valence-corrected chi connectivity index (χ1v) is 7.45. The van der Waals surface area contributed by atoms with E-state index >= 15 is 0 Å². The van der Waals surface area contributed by atoms with E-state index in [9.17, 15) is 0 Å². The third kappa shape index (κ3) is 3.67. The summed E-state index contributed by atoms with van der Waals surface area (Å²) in [6, 6.07) is 0. The SMILES string of the molecule is CCC1CN(CC2CN(C)CCO2)CCC1CN. The molecule has 2 saturated heterocycles. The van der Waals surface area contributed by atoms with Crippen LogP contribution in [0, 0.1) is 11.8 Å². The van der Waals surface area contributed by atoms with Crippen LogP contribution in [0.3, 0.4) is 0 Å². The Hall–Kier alpha value is -0.160. The molecule has 4 heteroatoms. The molecule has 3 unspecified atom stereocenters. The highest BCUT2D eigenvalue weighted by Crippen LogP contribution is 2.25. The van der Waals surface area contributed by atoms with Crippen LogP contribution in [0.2, 0.25) is 0 Å². The average molecular weight is 255 g/mol. The third-order valence-electron chi connectivity index (χ3n) is 4.61. The van der Waals surface area contributed by atoms with Gasteiger partial charge in [-0.3, -0.25) is 0 Å². The first-order valence-electron chi connectivity index (χ1n) is 7.45. The van der Waals surface area contributed by atoms with Crippen LogP contribution in [0.1, 0.15) is 19.8 Å². The van der Waals surface area contributed by atoms with E-state index < -0.39 is 0 Å². The van der Waals surface area contributed by atoms with Crippen molar-refractivity contribution in [2.75, 3.05) is 52.9 Å². The second kappa shape index (κ2) is 6.85. The first kappa shape index (κ1) is 14.3. The van der Waals surface area contributed by atoms with Crippen molar-refractivity contribution in [1.82, 2.24) is 9.80 Å². The minimum atomic E-state index is 0.399. The zero-order valence-electron chi connectivity index (χ0n) is 12.0. The Morgan fingerprint density at radius 1 is 1.22 bits per heavy atom. The summed E-state index contributed by atoms with van der Waals surface area (Å²) in [4.78, 5) is 4.96. The second-order valence-electron chi connectivity index (χ2n) is 5.97. The minimum absolute atomic E-state index is 0.399. The molecule has 4 nitrogen and oxygen atoms in total. The number of nitrogens with zero attached hydrogens (tertiary/aromatic N) is 2. The van der Waals surface area contributed by atoms with Crippen molar-refractivity contribution in [3.8, 4) is 0 Å². The van der Waals surface area contributed by atoms with Crippen molar-refractivity contribution in [3.05, 3.63) is 0 Å². The topological polar surface area (TPSA) is 41.7 Å². The highest BCUT2D eigenvalue weighted by molar-refractivity contribution is 4.82. The summed E-state index contributed by atoms with van der Waals surface area (Å²) in [6.45, 7) is 9.69. The van der Waals surface area contributed by atoms with Gasteiger partial charge in [-0.15, -0.1) is 0 Å². The van der Waals surface area contributed by atoms with Crippen LogP contribution < -0.4 is 5.73 Å². The van der Waals surface area contributed by atoms with Gasteiger partial charge >= 0.3 is 0 Å². The highest BCUT2D eigenvalue weighted by atomic mass is 16.5. The molecule has 0 aliphatic carbocycles. The molecule has 106 valence electrons. The zero-order chi connectivity index (χ0) is 13.0. The van der Waals surface area contributed by atoms with Gasteiger partial charge in [0.15, 0.2) is 0 Å². The lowest BCUT2D eigenvalue weighted by molar-refractivity contribution is -0.0436. The standard InChI is InChI=1S/C14H29N3O/c1-3-12-9-17(5-4-13(12)8-15)11-14-10-16(2)6-7-18-14/h12-14H,3-11,15H2,1-2H3. The normalized spacial score (nSPS) is 35.8. The van der Waals surface area contributed by atoms with Gasteiger partial charge in [-0.05, 0) is 38.4 Å². The summed E-state index contributed by atoms with van der Waals surface area (Å²) in [5.74, 6) is 1.52. The number of hydrogen-bond donors (Lipinski definition) is 1. The van der Waals surface area contributed by atoms with E-state index in [-0.39, 0.29) is 0 Å². The molecule has 0 aromatic rings. The van der Waals surface area contributed by atoms with Gasteiger partial charge in [0.05, 0.1) is 12.7 Å². The fourth-order valence-electron chi connectivity index (χ4n) is 3.36. The van der Waals surface area contributed by atoms with Gasteiger partial charge < -0.3 is 20.3 Å². The number of likely N-dealkylation sites (N-methyl/N-ethyl adjacent to an activating group) is 1. The maximum absolute atomic E-state index is 5.87. The smallest absolute Gasteiger partial charge is 0.0829 e. The van der Waals surface area contributed by atoms with Gasteiger partial charge in [0.1, 0.15) is 0 Å². The lowest BCUT2D eigenvalue weighted by atomic mass is 9.84. The van der Waals surface area contributed by atoms with Gasteiger partial charge in [0.2, 0.25) is 0 Å². The molecule has 18 heavy (non-hydrogen) atoms. The van der Waals surface area contributed by atoms with Gasteiger partial charge in [-0.2, -0.15) is 0 Å². The van der Waals surface area contributed by atoms with Gasteiger partial charge in [-0.25, -0.2) is 0 Å². The lowest BCUT2D eigenvalue weighted by Crippen LogP contribution is -2.50. The predicted molar refractivity (Wildman–Crippen MR) is 74.6 cm³/mol. The maximum Gasteiger partial charge on any atom is 0.0829 e. The van der Waals surface area contributed by atoms with Crippen LogP contribution >= 0.6 is 0 Å². The van der Waals surface area contributed by atoms with Crippen molar-refractivity contribution in [2.24, 2.45) is 17.6 Å². The quantitative estimate of drug-likeness (QED) is 0.800. The lowest BCUT2D eigenvalue weighted by Gasteiger charge is -2.40. The monoisotopic (exact) mass is 255 g/mol. The number of hydrogen-bond acceptors (Lipinski definition) is 4. The molecule has 2 heterocycles. The number of nitrogens with two attached hydrogens (primary N) is 1. The van der Waals surface area contributed by atoms with E-state index in [1.54, 1.807) is 0 Å². The van der Waals surface area contributed by atoms with E-state index in [4.69, 9.17) is 10.5 Å². The number of rotatable bonds is 4. The summed E-state index contributed by atoms with van der Waals surface area (Å²) < 4.78 is 5.87. The predicted octanol–water partition coefficient (Wildman–Crippen LogP) is 0.624. The average Bonchev–Trinajstić information content (AvgIpc) is 2.38. The molecule has 0 bridgehead atoms. The highest BCUT2D eigenvalue weighted by Gasteiger charge is 2.29. The molecule has 0 spiro atoms. The summed E-state index contributed by atoms with van der Waals surface area (Å²) >= 11 is 0. The molecule has 0 saturated carbocycles. The van der Waals surface area contributed by atoms with Crippen molar-refractivity contribution in [2.45, 2.75) is 25.9 Å². The summed E-state index contributed by atoms with van der Waals surface area (Å²) in [6.07, 6.45) is 2.91. The molecular formula is C14H29N3O. The Kier molecular flexibility index (Phi) is 5.42. The van der Waals surface area contributed by atoms with Gasteiger partial charge in [0, 0.05) is 26.2 Å². The van der Waals surface area contributed by atoms with E-state index in [1.807, 2.05) is 0 Å². The molecule has 0 aromatic heterocycles. The van der Waals surface area contributed by atoms with Crippen molar-refractivity contribution >= 4 is 0 Å². The van der Waals surface area contributed by atoms with Crippen molar-refractivity contribution in [3.63, 3.8) is 0 Å². The van der Waals surface area contributed by atoms with E-state index in [0.29, 0.717) is 6.10 Å². The molecule has 2 fully saturated rings. The fourth-order valence-corrected chi connectivity index (χ4v) is 3.36. The van der Waals surface area contributed by atoms with Crippen LogP contribution in [0.25, 0.3) is 0 Å². The largest absolute Gasteiger partial charge is 0.374 e. The van der Waals surface area contributed by atoms with Crippen LogP contribution in [0.4, 0.5) is 0 Å². The Labute approximate surface area is 111 Å². The molecule has 2 N–H and O–H groups in total. The zero-order valence-corrected chi connectivity index (χ0v) is 12.0. The Morgan fingerprint density at radius 2 is 2.06 bits per heavy atom. The molecule has 3 atom stereocenters. The fraction of sp³-hybridized carbons (Fsp3) is 1.00. The van der Waals surface area contributed by atoms with Gasteiger partial charge in [0.25, 0.3) is 0 Å². The summed E-state index contributed by atoms with van der Waals surface area (Å²) in [5.41, 5.74) is 5.87. The number of likely N-dealkylation sites (tertiary alicyclic amines) is 1. The van der Waals surface area contributed by atoms with Crippen LogP contribution in [0.5, 0.6) is 0 Å². The molecule has 0 aromatic carbocycles. The Morgan fingerprint density at radius 3 is 2.72 bits per heavy atom. The number of piperidine rings is 1. The first-order chi connectivity index (χ1) is 8.72. The number of morpholine rings is 1. The molecular weight excluding hydrogens is 226 g/mol. The van der Waals surface area contributed by atoms with E-state index in [0.717, 1.165) is 44.6 Å². The summed E-state index contributed by atoms with van der Waals surface area (Å²) in [5, 5.41) is 0. The molecule has 0 amide bonds. The van der Waals surface area contributed by atoms with Crippen molar-refractivity contribution in [1.29, 1.82) is 0 Å². The Bertz CT molecular complexity index is 249. The van der Waals surface area contributed by atoms with E-state index in [1.165, 1.54) is 25.9 Å². The second-order valence-corrected chi connectivity index (χ2v) is 5.97. The molecule has 2 aliphatic heterocycles. The van der Waals surface area contributed by atoms with E-state index in [2.05, 4.69) is 23.8 Å². The number of ether oxygens (including phenoxy) is 1. The molecule has 2 aliphatic rings. The summed E-state index contributed by atoms with van der Waals surface area (Å²) in [7, 11) is 2.19. The van der Waals surface area contributed by atoms with Gasteiger partial charge in [-0.1, -0.05) is 13.3 Å². The van der Waals surface area contributed by atoms with Crippen LogP contribution in [0.15, 0.2) is 0 Å². The third-order valence-corrected chi connectivity index (χ3v) is 4.61. The van der Waals surface area contributed by atoms with Crippen LogP contribution in [-0.2, 0) is 4.74 Å². The van der Waals surface area contributed by atoms with Crippen LogP contribution in [-0.4, -0.2) is 68.8 Å². The minimum Gasteiger partial charge on any atom is -0.374 e. The maximum atomic E-state index is 5.87. The Balaban J connectivity index is 1.79.